The second-order valence-corrected chi connectivity index (χ2v) is 3.82. The summed E-state index contributed by atoms with van der Waals surface area (Å²) < 4.78 is 12.6. The van der Waals surface area contributed by atoms with E-state index in [1.807, 2.05) is 29.2 Å². The molecule has 0 atom stereocenters. The minimum absolute atomic E-state index is 0.237. The van der Waals surface area contributed by atoms with E-state index in [1.165, 1.54) is 0 Å². The van der Waals surface area contributed by atoms with Crippen LogP contribution in [0.15, 0.2) is 24.3 Å². The van der Waals surface area contributed by atoms with Crippen LogP contribution in [-0.2, 0) is 11.2 Å². The summed E-state index contributed by atoms with van der Waals surface area (Å²) in [6.07, 6.45) is -0.481. The summed E-state index contributed by atoms with van der Waals surface area (Å²) in [7, 11) is 0. The van der Waals surface area contributed by atoms with Crippen LogP contribution in [-0.4, -0.2) is 25.2 Å². The number of carbonyl (C=O) groups excluding carboxylic acids is 1. The van der Waals surface area contributed by atoms with Gasteiger partial charge in [0.15, 0.2) is 0 Å². The van der Waals surface area contributed by atoms with E-state index in [0.717, 1.165) is 11.3 Å². The number of carbonyl (C=O) groups is 1. The predicted octanol–water partition coefficient (Wildman–Crippen LogP) is 0.873. The molecule has 0 aliphatic carbocycles. The third kappa shape index (κ3) is 2.26. The molecule has 15 heavy (non-hydrogen) atoms. The predicted molar refractivity (Wildman–Crippen MR) is 56.4 cm³/mol. The standard InChI is InChI=1S/C11H13FN2O/c12-9-6-14(7-9)10-3-1-2-8(4-10)5-11(13)15/h1-4,9H,5-7H2,(H2,13,15). The number of nitrogens with zero attached hydrogens (tertiary/aromatic N) is 1. The highest BCUT2D eigenvalue weighted by Gasteiger charge is 2.26. The molecule has 1 saturated heterocycles. The Morgan fingerprint density at radius 2 is 2.27 bits per heavy atom. The summed E-state index contributed by atoms with van der Waals surface area (Å²) in [6.45, 7) is 0.889. The number of hydrogen-bond acceptors (Lipinski definition) is 2. The van der Waals surface area contributed by atoms with Gasteiger partial charge in [-0.1, -0.05) is 12.1 Å². The van der Waals surface area contributed by atoms with Gasteiger partial charge in [-0.2, -0.15) is 0 Å². The summed E-state index contributed by atoms with van der Waals surface area (Å²) in [5.41, 5.74) is 6.94. The fourth-order valence-electron chi connectivity index (χ4n) is 1.70. The van der Waals surface area contributed by atoms with Crippen LogP contribution in [0.1, 0.15) is 5.56 Å². The highest BCUT2D eigenvalue weighted by Crippen LogP contribution is 2.23. The zero-order chi connectivity index (χ0) is 10.8. The fraction of sp³-hybridized carbons (Fsp3) is 0.364. The SMILES string of the molecule is NC(=O)Cc1cccc(N2CC(F)C2)c1. The van der Waals surface area contributed by atoms with Crippen molar-refractivity contribution in [2.24, 2.45) is 5.73 Å². The molecular weight excluding hydrogens is 195 g/mol. The lowest BCUT2D eigenvalue weighted by atomic mass is 10.1. The summed E-state index contributed by atoms with van der Waals surface area (Å²) in [4.78, 5) is 12.7. The zero-order valence-corrected chi connectivity index (χ0v) is 8.32. The molecule has 3 nitrogen and oxygen atoms in total. The van der Waals surface area contributed by atoms with Crippen molar-refractivity contribution in [2.45, 2.75) is 12.6 Å². The van der Waals surface area contributed by atoms with Crippen molar-refractivity contribution in [2.75, 3.05) is 18.0 Å². The third-order valence-electron chi connectivity index (χ3n) is 2.49. The summed E-state index contributed by atoms with van der Waals surface area (Å²) in [6, 6.07) is 7.51. The van der Waals surface area contributed by atoms with Crippen molar-refractivity contribution in [1.82, 2.24) is 0 Å². The number of hydrogen-bond donors (Lipinski definition) is 1. The van der Waals surface area contributed by atoms with Gasteiger partial charge < -0.3 is 10.6 Å². The molecular formula is C11H13FN2O. The third-order valence-corrected chi connectivity index (χ3v) is 2.49. The summed E-state index contributed by atoms with van der Waals surface area (Å²) in [5, 5.41) is 0. The molecule has 0 aromatic heterocycles. The Morgan fingerprint density at radius 1 is 1.53 bits per heavy atom. The Morgan fingerprint density at radius 3 is 2.87 bits per heavy atom. The highest BCUT2D eigenvalue weighted by atomic mass is 19.1. The van der Waals surface area contributed by atoms with E-state index < -0.39 is 6.17 Å². The van der Waals surface area contributed by atoms with Crippen LogP contribution < -0.4 is 10.6 Å². The quantitative estimate of drug-likeness (QED) is 0.801. The Labute approximate surface area is 87.7 Å². The van der Waals surface area contributed by atoms with Crippen LogP contribution in [0.4, 0.5) is 10.1 Å². The largest absolute Gasteiger partial charge is 0.369 e. The molecule has 2 N–H and O–H groups in total. The molecule has 80 valence electrons. The Balaban J connectivity index is 2.09. The first-order chi connectivity index (χ1) is 7.15. The van der Waals surface area contributed by atoms with Gasteiger partial charge in [-0.05, 0) is 17.7 Å². The number of amides is 1. The minimum atomic E-state index is -0.718. The van der Waals surface area contributed by atoms with E-state index in [1.54, 1.807) is 0 Å². The van der Waals surface area contributed by atoms with E-state index >= 15 is 0 Å². The topological polar surface area (TPSA) is 46.3 Å². The normalized spacial score (nSPS) is 16.2. The minimum Gasteiger partial charge on any atom is -0.369 e. The number of benzene rings is 1. The molecule has 0 spiro atoms. The monoisotopic (exact) mass is 208 g/mol. The van der Waals surface area contributed by atoms with Crippen molar-refractivity contribution < 1.29 is 9.18 Å². The second kappa shape index (κ2) is 3.88. The Bertz CT molecular complexity index is 375. The van der Waals surface area contributed by atoms with Crippen LogP contribution in [0.25, 0.3) is 0 Å². The van der Waals surface area contributed by atoms with E-state index in [-0.39, 0.29) is 12.3 Å². The van der Waals surface area contributed by atoms with Crippen LogP contribution in [0.5, 0.6) is 0 Å². The molecule has 0 bridgehead atoms. The molecule has 1 amide bonds. The molecule has 1 aromatic carbocycles. The highest BCUT2D eigenvalue weighted by molar-refractivity contribution is 5.77. The first-order valence-electron chi connectivity index (χ1n) is 4.91. The lowest BCUT2D eigenvalue weighted by Crippen LogP contribution is -2.48. The molecule has 1 fully saturated rings. The van der Waals surface area contributed by atoms with Gasteiger partial charge in [-0.3, -0.25) is 4.79 Å². The van der Waals surface area contributed by atoms with Crippen LogP contribution >= 0.6 is 0 Å². The van der Waals surface area contributed by atoms with Gasteiger partial charge in [0.25, 0.3) is 0 Å². The van der Waals surface area contributed by atoms with E-state index in [4.69, 9.17) is 5.73 Å². The molecule has 0 unspecified atom stereocenters. The smallest absolute Gasteiger partial charge is 0.221 e. The molecule has 0 saturated carbocycles. The first kappa shape index (κ1) is 9.96. The van der Waals surface area contributed by atoms with Gasteiger partial charge in [-0.15, -0.1) is 0 Å². The number of anilines is 1. The van der Waals surface area contributed by atoms with Crippen molar-refractivity contribution >= 4 is 11.6 Å². The molecule has 1 heterocycles. The van der Waals surface area contributed by atoms with Crippen molar-refractivity contribution in [3.63, 3.8) is 0 Å². The van der Waals surface area contributed by atoms with Crippen LogP contribution in [0, 0.1) is 0 Å². The number of rotatable bonds is 3. The second-order valence-electron chi connectivity index (χ2n) is 3.82. The number of halogens is 1. The molecule has 1 aliphatic heterocycles. The number of primary amides is 1. The van der Waals surface area contributed by atoms with Gasteiger partial charge in [0.05, 0.1) is 19.5 Å². The average molecular weight is 208 g/mol. The maximum absolute atomic E-state index is 12.6. The van der Waals surface area contributed by atoms with Gasteiger partial charge >= 0.3 is 0 Å². The summed E-state index contributed by atoms with van der Waals surface area (Å²) in [5.74, 6) is -0.348. The zero-order valence-electron chi connectivity index (χ0n) is 8.32. The number of alkyl halides is 1. The van der Waals surface area contributed by atoms with Crippen molar-refractivity contribution in [3.05, 3.63) is 29.8 Å². The lowest BCUT2D eigenvalue weighted by molar-refractivity contribution is -0.117. The maximum atomic E-state index is 12.6. The van der Waals surface area contributed by atoms with Crippen LogP contribution in [0.2, 0.25) is 0 Å². The lowest BCUT2D eigenvalue weighted by Gasteiger charge is -2.36. The van der Waals surface area contributed by atoms with E-state index in [9.17, 15) is 9.18 Å². The van der Waals surface area contributed by atoms with E-state index in [2.05, 4.69) is 0 Å². The molecule has 2 rings (SSSR count). The van der Waals surface area contributed by atoms with Gasteiger partial charge in [0.2, 0.25) is 5.91 Å². The van der Waals surface area contributed by atoms with Crippen molar-refractivity contribution in [1.29, 1.82) is 0 Å². The Hall–Kier alpha value is -1.58. The molecule has 1 aliphatic rings. The number of nitrogens with two attached hydrogens (primary N) is 1. The Kier molecular flexibility index (Phi) is 2.58. The molecule has 4 heteroatoms. The molecule has 1 aromatic rings. The van der Waals surface area contributed by atoms with Gasteiger partial charge in [0, 0.05) is 5.69 Å². The van der Waals surface area contributed by atoms with Crippen LogP contribution in [0.3, 0.4) is 0 Å². The average Bonchev–Trinajstić information content (AvgIpc) is 2.12. The van der Waals surface area contributed by atoms with Gasteiger partial charge in [0.1, 0.15) is 6.17 Å². The van der Waals surface area contributed by atoms with E-state index in [0.29, 0.717) is 13.1 Å². The van der Waals surface area contributed by atoms with Crippen molar-refractivity contribution in [3.8, 4) is 0 Å². The maximum Gasteiger partial charge on any atom is 0.221 e. The first-order valence-corrected chi connectivity index (χ1v) is 4.91. The van der Waals surface area contributed by atoms with Gasteiger partial charge in [-0.25, -0.2) is 4.39 Å². The molecule has 0 radical (unpaired) electrons. The fourth-order valence-corrected chi connectivity index (χ4v) is 1.70. The summed E-state index contributed by atoms with van der Waals surface area (Å²) >= 11 is 0.